The van der Waals surface area contributed by atoms with Gasteiger partial charge in [0, 0.05) is 6.61 Å². The van der Waals surface area contributed by atoms with Crippen LogP contribution in [-0.2, 0) is 4.74 Å². The minimum Gasteiger partial charge on any atom is -0.368 e. The van der Waals surface area contributed by atoms with Gasteiger partial charge in [0.15, 0.2) is 0 Å². The van der Waals surface area contributed by atoms with Crippen LogP contribution in [0.1, 0.15) is 40.5 Å². The normalized spacial score (nSPS) is 15.0. The van der Waals surface area contributed by atoms with Gasteiger partial charge in [-0.05, 0) is 25.2 Å². The number of rotatable bonds is 4. The summed E-state index contributed by atoms with van der Waals surface area (Å²) in [5, 5.41) is 0. The molecular formula is C9H20OS. The molecule has 2 heteroatoms. The summed E-state index contributed by atoms with van der Waals surface area (Å²) in [6, 6.07) is 0. The Bertz CT molecular complexity index is 94.2. The molecule has 0 aromatic rings. The predicted octanol–water partition coefficient (Wildman–Crippen LogP) is 3.11. The molecule has 0 aromatic heterocycles. The topological polar surface area (TPSA) is 9.23 Å². The lowest BCUT2D eigenvalue weighted by Gasteiger charge is -2.17. The molecular weight excluding hydrogens is 156 g/mol. The van der Waals surface area contributed by atoms with E-state index >= 15 is 0 Å². The van der Waals surface area contributed by atoms with E-state index in [0.717, 1.165) is 13.0 Å². The Balaban J connectivity index is 3.15. The van der Waals surface area contributed by atoms with Gasteiger partial charge in [-0.3, -0.25) is 0 Å². The van der Waals surface area contributed by atoms with Crippen LogP contribution in [0.4, 0.5) is 0 Å². The van der Waals surface area contributed by atoms with Gasteiger partial charge in [0.25, 0.3) is 0 Å². The van der Waals surface area contributed by atoms with Crippen molar-refractivity contribution < 1.29 is 4.74 Å². The van der Waals surface area contributed by atoms with Crippen molar-refractivity contribution in [2.75, 3.05) is 6.61 Å². The van der Waals surface area contributed by atoms with Gasteiger partial charge >= 0.3 is 0 Å². The molecule has 0 saturated heterocycles. The highest BCUT2D eigenvalue weighted by Gasteiger charge is 2.08. The quantitative estimate of drug-likeness (QED) is 0.393. The standard InChI is InChI=1S/C9H20OS/c1-8(11)10-7-5-6-9(2,3)4/h8,11H,5-7H2,1-4H3. The van der Waals surface area contributed by atoms with Crippen molar-refractivity contribution in [3.63, 3.8) is 0 Å². The van der Waals surface area contributed by atoms with E-state index in [-0.39, 0.29) is 5.44 Å². The molecule has 0 N–H and O–H groups in total. The molecule has 1 nitrogen and oxygen atoms in total. The van der Waals surface area contributed by atoms with Crippen molar-refractivity contribution in [2.45, 2.75) is 46.0 Å². The maximum atomic E-state index is 5.30. The van der Waals surface area contributed by atoms with Crippen LogP contribution in [-0.4, -0.2) is 12.0 Å². The lowest BCUT2D eigenvalue weighted by Crippen LogP contribution is -2.08. The van der Waals surface area contributed by atoms with Crippen LogP contribution < -0.4 is 0 Å². The lowest BCUT2D eigenvalue weighted by atomic mass is 9.91. The van der Waals surface area contributed by atoms with Crippen molar-refractivity contribution in [3.05, 3.63) is 0 Å². The molecule has 0 aromatic carbocycles. The highest BCUT2D eigenvalue weighted by molar-refractivity contribution is 7.80. The molecule has 68 valence electrons. The van der Waals surface area contributed by atoms with Gasteiger partial charge < -0.3 is 4.74 Å². The Kier molecular flexibility index (Phi) is 5.19. The Morgan fingerprint density at radius 2 is 1.91 bits per heavy atom. The number of thiol groups is 1. The molecule has 0 aliphatic heterocycles. The van der Waals surface area contributed by atoms with Crippen molar-refractivity contribution in [1.82, 2.24) is 0 Å². The zero-order valence-corrected chi connectivity index (χ0v) is 8.95. The highest BCUT2D eigenvalue weighted by atomic mass is 32.1. The summed E-state index contributed by atoms with van der Waals surface area (Å²) < 4.78 is 5.30. The number of ether oxygens (including phenoxy) is 1. The molecule has 0 rings (SSSR count). The van der Waals surface area contributed by atoms with Gasteiger partial charge in [-0.1, -0.05) is 20.8 Å². The number of hydrogen-bond acceptors (Lipinski definition) is 2. The molecule has 1 atom stereocenters. The largest absolute Gasteiger partial charge is 0.368 e. The maximum absolute atomic E-state index is 5.30. The summed E-state index contributed by atoms with van der Waals surface area (Å²) in [4.78, 5) is 0. The molecule has 0 heterocycles. The minimum absolute atomic E-state index is 0.0787. The average molecular weight is 176 g/mol. The van der Waals surface area contributed by atoms with Crippen molar-refractivity contribution in [3.8, 4) is 0 Å². The predicted molar refractivity (Wildman–Crippen MR) is 53.1 cm³/mol. The molecule has 1 unspecified atom stereocenters. The van der Waals surface area contributed by atoms with E-state index in [1.807, 2.05) is 6.92 Å². The third-order valence-corrected chi connectivity index (χ3v) is 1.58. The molecule has 0 aliphatic rings. The smallest absolute Gasteiger partial charge is 0.0971 e. The van der Waals surface area contributed by atoms with Gasteiger partial charge in [-0.25, -0.2) is 0 Å². The molecule has 11 heavy (non-hydrogen) atoms. The molecule has 0 spiro atoms. The average Bonchev–Trinajstić information content (AvgIpc) is 1.78. The van der Waals surface area contributed by atoms with Gasteiger partial charge in [0.1, 0.15) is 0 Å². The summed E-state index contributed by atoms with van der Waals surface area (Å²) in [6.07, 6.45) is 2.35. The fourth-order valence-corrected chi connectivity index (χ4v) is 0.962. The van der Waals surface area contributed by atoms with Gasteiger partial charge in [0.2, 0.25) is 0 Å². The second-order valence-corrected chi connectivity index (χ2v) is 4.86. The first-order chi connectivity index (χ1) is 4.92. The van der Waals surface area contributed by atoms with Gasteiger partial charge in [-0.15, -0.1) is 12.6 Å². The first kappa shape index (κ1) is 11.3. The van der Waals surface area contributed by atoms with Gasteiger partial charge in [-0.2, -0.15) is 0 Å². The van der Waals surface area contributed by atoms with E-state index in [9.17, 15) is 0 Å². The molecule has 0 bridgehead atoms. The second kappa shape index (κ2) is 5.04. The summed E-state index contributed by atoms with van der Waals surface area (Å²) in [7, 11) is 0. The third kappa shape index (κ3) is 10.3. The van der Waals surface area contributed by atoms with Crippen LogP contribution in [0.15, 0.2) is 0 Å². The van der Waals surface area contributed by atoms with Crippen molar-refractivity contribution >= 4 is 12.6 Å². The van der Waals surface area contributed by atoms with Gasteiger partial charge in [0.05, 0.1) is 5.44 Å². The van der Waals surface area contributed by atoms with E-state index in [4.69, 9.17) is 4.74 Å². The van der Waals surface area contributed by atoms with E-state index in [2.05, 4.69) is 33.4 Å². The monoisotopic (exact) mass is 176 g/mol. The zero-order chi connectivity index (χ0) is 8.91. The Morgan fingerprint density at radius 1 is 1.36 bits per heavy atom. The highest BCUT2D eigenvalue weighted by Crippen LogP contribution is 2.20. The van der Waals surface area contributed by atoms with Crippen LogP contribution in [0.3, 0.4) is 0 Å². The summed E-state index contributed by atoms with van der Waals surface area (Å²) in [6.45, 7) is 9.52. The minimum atomic E-state index is 0.0787. The third-order valence-electron chi connectivity index (χ3n) is 1.43. The Hall–Kier alpha value is 0.310. The van der Waals surface area contributed by atoms with E-state index < -0.39 is 0 Å². The summed E-state index contributed by atoms with van der Waals surface area (Å²) in [5.41, 5.74) is 0.512. The van der Waals surface area contributed by atoms with E-state index in [1.54, 1.807) is 0 Å². The van der Waals surface area contributed by atoms with E-state index in [0.29, 0.717) is 5.41 Å². The van der Waals surface area contributed by atoms with Crippen molar-refractivity contribution in [2.24, 2.45) is 5.41 Å². The number of hydrogen-bond donors (Lipinski definition) is 1. The zero-order valence-electron chi connectivity index (χ0n) is 8.05. The molecule has 0 radical (unpaired) electrons. The Labute approximate surface area is 75.9 Å². The van der Waals surface area contributed by atoms with Crippen LogP contribution >= 0.6 is 12.6 Å². The SMILES string of the molecule is CC(S)OCCCC(C)(C)C. The summed E-state index contributed by atoms with van der Waals surface area (Å²) >= 11 is 4.12. The fourth-order valence-electron chi connectivity index (χ4n) is 0.856. The summed E-state index contributed by atoms with van der Waals surface area (Å²) in [5.74, 6) is 0. The molecule has 0 aliphatic carbocycles. The molecule has 0 amide bonds. The van der Waals surface area contributed by atoms with Crippen LogP contribution in [0.25, 0.3) is 0 Å². The Morgan fingerprint density at radius 3 is 2.27 bits per heavy atom. The van der Waals surface area contributed by atoms with E-state index in [1.165, 1.54) is 6.42 Å². The van der Waals surface area contributed by atoms with Crippen molar-refractivity contribution in [1.29, 1.82) is 0 Å². The first-order valence-corrected chi connectivity index (χ1v) is 4.73. The maximum Gasteiger partial charge on any atom is 0.0971 e. The molecule has 0 saturated carbocycles. The lowest BCUT2D eigenvalue weighted by molar-refractivity contribution is 0.114. The molecule has 0 fully saturated rings. The van der Waals surface area contributed by atoms with Crippen LogP contribution in [0.5, 0.6) is 0 Å². The fraction of sp³-hybridized carbons (Fsp3) is 1.00. The first-order valence-electron chi connectivity index (χ1n) is 4.21. The van der Waals surface area contributed by atoms with Crippen LogP contribution in [0, 0.1) is 5.41 Å². The second-order valence-electron chi connectivity index (χ2n) is 4.13. The van der Waals surface area contributed by atoms with Crippen LogP contribution in [0.2, 0.25) is 0 Å².